The van der Waals surface area contributed by atoms with Crippen molar-refractivity contribution in [2.45, 2.75) is 38.3 Å². The van der Waals surface area contributed by atoms with Gasteiger partial charge >= 0.3 is 0 Å². The molecule has 0 radical (unpaired) electrons. The highest BCUT2D eigenvalue weighted by Crippen LogP contribution is 2.39. The van der Waals surface area contributed by atoms with Crippen LogP contribution >= 0.6 is 11.6 Å². The molecule has 2 aromatic carbocycles. The molecule has 8 heteroatoms. The molecule has 29 heavy (non-hydrogen) atoms. The number of halogens is 1. The highest BCUT2D eigenvalue weighted by atomic mass is 35.5. The molecular formula is C21H24ClN3O4. The number of aliphatic hydroxyl groups is 1. The Bertz CT molecular complexity index is 924. The molecule has 0 saturated carbocycles. The first-order valence-corrected chi connectivity index (χ1v) is 9.91. The van der Waals surface area contributed by atoms with Gasteiger partial charge in [-0.05, 0) is 44.9 Å². The molecule has 2 N–H and O–H groups in total. The Morgan fingerprint density at radius 3 is 2.48 bits per heavy atom. The maximum absolute atomic E-state index is 12.2. The van der Waals surface area contributed by atoms with E-state index in [0.717, 1.165) is 0 Å². The Morgan fingerprint density at radius 1 is 1.24 bits per heavy atom. The fourth-order valence-electron chi connectivity index (χ4n) is 3.65. The topological polar surface area (TPSA) is 95.7 Å². The number of amides is 1. The molecule has 1 heterocycles. The molecule has 0 aromatic heterocycles. The normalized spacial score (nSPS) is 16.0. The van der Waals surface area contributed by atoms with Crippen molar-refractivity contribution in [3.8, 4) is 0 Å². The van der Waals surface area contributed by atoms with Crippen molar-refractivity contribution in [2.24, 2.45) is 0 Å². The standard InChI is InChI=1S/C21H24ClN3O4/c1-14(2)23-20(26)15-7-8-18(19(13-15)25(28)29)24-11-9-21(27,10-12-24)16-5-3-4-6-17(16)22/h3-8,13-14,27H,9-12H2,1-2H3,(H,23,26). The van der Waals surface area contributed by atoms with E-state index in [0.29, 0.717) is 42.2 Å². The van der Waals surface area contributed by atoms with Crippen LogP contribution in [0.3, 0.4) is 0 Å². The zero-order valence-corrected chi connectivity index (χ0v) is 17.1. The maximum Gasteiger partial charge on any atom is 0.293 e. The Labute approximate surface area is 174 Å². The molecule has 2 aromatic rings. The summed E-state index contributed by atoms with van der Waals surface area (Å²) in [5, 5.41) is 26.0. The molecule has 1 fully saturated rings. The van der Waals surface area contributed by atoms with Gasteiger partial charge in [0.1, 0.15) is 5.69 Å². The van der Waals surface area contributed by atoms with Crippen LogP contribution in [0.5, 0.6) is 0 Å². The smallest absolute Gasteiger partial charge is 0.293 e. The van der Waals surface area contributed by atoms with Gasteiger partial charge in [0.15, 0.2) is 0 Å². The Hall–Kier alpha value is -2.64. The van der Waals surface area contributed by atoms with Crippen LogP contribution in [0, 0.1) is 10.1 Å². The minimum absolute atomic E-state index is 0.0641. The molecule has 1 amide bonds. The van der Waals surface area contributed by atoms with Crippen molar-refractivity contribution in [3.05, 3.63) is 68.7 Å². The molecule has 0 bridgehead atoms. The SMILES string of the molecule is CC(C)NC(=O)c1ccc(N2CCC(O)(c3ccccc3Cl)CC2)c([N+](=O)[O-])c1. The highest BCUT2D eigenvalue weighted by molar-refractivity contribution is 6.31. The monoisotopic (exact) mass is 417 g/mol. The lowest BCUT2D eigenvalue weighted by atomic mass is 9.84. The largest absolute Gasteiger partial charge is 0.385 e. The summed E-state index contributed by atoms with van der Waals surface area (Å²) >= 11 is 6.25. The second kappa shape index (κ2) is 8.39. The van der Waals surface area contributed by atoms with E-state index in [2.05, 4.69) is 5.32 Å². The van der Waals surface area contributed by atoms with Crippen LogP contribution in [0.4, 0.5) is 11.4 Å². The third kappa shape index (κ3) is 4.52. The van der Waals surface area contributed by atoms with E-state index in [4.69, 9.17) is 11.6 Å². The quantitative estimate of drug-likeness (QED) is 0.568. The molecular weight excluding hydrogens is 394 g/mol. The van der Waals surface area contributed by atoms with Crippen LogP contribution in [-0.4, -0.2) is 35.1 Å². The van der Waals surface area contributed by atoms with E-state index in [-0.39, 0.29) is 23.2 Å². The summed E-state index contributed by atoms with van der Waals surface area (Å²) < 4.78 is 0. The summed E-state index contributed by atoms with van der Waals surface area (Å²) in [5.41, 5.74) is 0.179. The maximum atomic E-state index is 12.2. The molecule has 0 spiro atoms. The number of hydrogen-bond donors (Lipinski definition) is 2. The molecule has 0 unspecified atom stereocenters. The van der Waals surface area contributed by atoms with Gasteiger partial charge < -0.3 is 15.3 Å². The zero-order valence-electron chi connectivity index (χ0n) is 16.4. The zero-order chi connectivity index (χ0) is 21.2. The Morgan fingerprint density at radius 2 is 1.90 bits per heavy atom. The van der Waals surface area contributed by atoms with Crippen molar-refractivity contribution < 1.29 is 14.8 Å². The molecule has 1 aliphatic rings. The van der Waals surface area contributed by atoms with Gasteiger partial charge in [0, 0.05) is 41.3 Å². The number of rotatable bonds is 5. The average molecular weight is 418 g/mol. The first-order valence-electron chi connectivity index (χ1n) is 9.53. The number of nitro groups is 1. The van der Waals surface area contributed by atoms with Crippen molar-refractivity contribution in [3.63, 3.8) is 0 Å². The van der Waals surface area contributed by atoms with Gasteiger partial charge in [-0.15, -0.1) is 0 Å². The van der Waals surface area contributed by atoms with Crippen LogP contribution in [0.25, 0.3) is 0 Å². The molecule has 0 atom stereocenters. The van der Waals surface area contributed by atoms with Gasteiger partial charge in [0.05, 0.1) is 10.5 Å². The summed E-state index contributed by atoms with van der Waals surface area (Å²) in [6, 6.07) is 11.6. The van der Waals surface area contributed by atoms with Crippen LogP contribution in [0.2, 0.25) is 5.02 Å². The summed E-state index contributed by atoms with van der Waals surface area (Å²) in [5.74, 6) is -0.346. The highest BCUT2D eigenvalue weighted by Gasteiger charge is 2.37. The molecule has 1 aliphatic heterocycles. The van der Waals surface area contributed by atoms with E-state index in [1.807, 2.05) is 36.9 Å². The fourth-order valence-corrected chi connectivity index (χ4v) is 3.96. The number of nitro benzene ring substituents is 1. The fraction of sp³-hybridized carbons (Fsp3) is 0.381. The van der Waals surface area contributed by atoms with E-state index in [9.17, 15) is 20.0 Å². The number of benzene rings is 2. The minimum atomic E-state index is -1.07. The number of hydrogen-bond acceptors (Lipinski definition) is 5. The first-order chi connectivity index (χ1) is 13.7. The molecule has 1 saturated heterocycles. The van der Waals surface area contributed by atoms with Crippen molar-refractivity contribution in [2.75, 3.05) is 18.0 Å². The number of nitrogens with one attached hydrogen (secondary N) is 1. The van der Waals surface area contributed by atoms with E-state index >= 15 is 0 Å². The van der Waals surface area contributed by atoms with Crippen LogP contribution in [-0.2, 0) is 5.60 Å². The van der Waals surface area contributed by atoms with Gasteiger partial charge in [0.25, 0.3) is 11.6 Å². The second-order valence-electron chi connectivity index (χ2n) is 7.59. The number of carbonyl (C=O) groups excluding carboxylic acids is 1. The molecule has 3 rings (SSSR count). The van der Waals surface area contributed by atoms with E-state index in [1.54, 1.807) is 18.2 Å². The lowest BCUT2D eigenvalue weighted by molar-refractivity contribution is -0.384. The Balaban J connectivity index is 1.82. The van der Waals surface area contributed by atoms with Crippen molar-refractivity contribution in [1.29, 1.82) is 0 Å². The lowest BCUT2D eigenvalue weighted by Crippen LogP contribution is -2.43. The number of nitrogens with zero attached hydrogens (tertiary/aromatic N) is 2. The second-order valence-corrected chi connectivity index (χ2v) is 7.99. The minimum Gasteiger partial charge on any atom is -0.385 e. The van der Waals surface area contributed by atoms with Gasteiger partial charge in [-0.25, -0.2) is 0 Å². The van der Waals surface area contributed by atoms with Gasteiger partial charge in [-0.1, -0.05) is 29.8 Å². The predicted molar refractivity (Wildman–Crippen MR) is 112 cm³/mol. The molecule has 7 nitrogen and oxygen atoms in total. The summed E-state index contributed by atoms with van der Waals surface area (Å²) in [4.78, 5) is 25.2. The van der Waals surface area contributed by atoms with Gasteiger partial charge in [-0.2, -0.15) is 0 Å². The summed E-state index contributed by atoms with van der Waals surface area (Å²) in [7, 11) is 0. The lowest BCUT2D eigenvalue weighted by Gasteiger charge is -2.39. The number of anilines is 1. The predicted octanol–water partition coefficient (Wildman–Crippen LogP) is 3.87. The average Bonchev–Trinajstić information content (AvgIpc) is 2.68. The van der Waals surface area contributed by atoms with Crippen molar-refractivity contribution >= 4 is 28.9 Å². The van der Waals surface area contributed by atoms with Gasteiger partial charge in [-0.3, -0.25) is 14.9 Å². The third-order valence-corrected chi connectivity index (χ3v) is 5.49. The number of piperidine rings is 1. The van der Waals surface area contributed by atoms with E-state index < -0.39 is 10.5 Å². The first kappa shape index (κ1) is 21.1. The third-order valence-electron chi connectivity index (χ3n) is 5.16. The van der Waals surface area contributed by atoms with E-state index in [1.165, 1.54) is 6.07 Å². The summed E-state index contributed by atoms with van der Waals surface area (Å²) in [6.07, 6.45) is 0.785. The van der Waals surface area contributed by atoms with Crippen LogP contribution in [0.1, 0.15) is 42.6 Å². The van der Waals surface area contributed by atoms with Crippen LogP contribution in [0.15, 0.2) is 42.5 Å². The van der Waals surface area contributed by atoms with Crippen LogP contribution < -0.4 is 10.2 Å². The summed E-state index contributed by atoms with van der Waals surface area (Å²) in [6.45, 7) is 4.52. The Kier molecular flexibility index (Phi) is 6.10. The van der Waals surface area contributed by atoms with Gasteiger partial charge in [0.2, 0.25) is 0 Å². The molecule has 0 aliphatic carbocycles. The van der Waals surface area contributed by atoms with Crippen molar-refractivity contribution in [1.82, 2.24) is 5.32 Å². The molecule has 154 valence electrons. The number of carbonyl (C=O) groups is 1.